The molecule has 0 saturated heterocycles. The van der Waals surface area contributed by atoms with Gasteiger partial charge in [-0.2, -0.15) is 8.42 Å². The predicted octanol–water partition coefficient (Wildman–Crippen LogP) is 3.38. The molecule has 1 N–H and O–H groups in total. The smallest absolute Gasteiger partial charge is 0.306 e. The van der Waals surface area contributed by atoms with Crippen LogP contribution in [0, 0.1) is 0 Å². The van der Waals surface area contributed by atoms with E-state index in [0.717, 1.165) is 5.56 Å². The monoisotopic (exact) mass is 378 g/mol. The fourth-order valence-corrected chi connectivity index (χ4v) is 3.61. The third kappa shape index (κ3) is 4.37. The van der Waals surface area contributed by atoms with Gasteiger partial charge in [-0.05, 0) is 29.8 Å². The maximum Gasteiger partial charge on any atom is 0.306 e. The molecule has 0 fully saturated rings. The Balaban J connectivity index is 1.56. The molecule has 1 heterocycles. The number of carbonyl (C=O) groups excluding carboxylic acids is 1. The lowest BCUT2D eigenvalue weighted by Crippen LogP contribution is -2.22. The first-order valence-corrected chi connectivity index (χ1v) is 9.36. The second kappa shape index (κ2) is 7.25. The number of fused-ring (bicyclic) bond motifs is 1. The fourth-order valence-electron chi connectivity index (χ4n) is 2.31. The normalized spacial score (nSPS) is 14.8. The van der Waals surface area contributed by atoms with Gasteiger partial charge in [-0.3, -0.25) is 4.79 Å². The van der Waals surface area contributed by atoms with Gasteiger partial charge in [0.25, 0.3) is 10.0 Å². The molecule has 0 radical (unpaired) electrons. The maximum absolute atomic E-state index is 12.1. The zero-order valence-electron chi connectivity index (χ0n) is 13.1. The summed E-state index contributed by atoms with van der Waals surface area (Å²) in [6.45, 7) is 0.136. The van der Waals surface area contributed by atoms with Crippen LogP contribution in [0.4, 0.5) is 5.69 Å². The molecule has 2 aromatic carbocycles. The Morgan fingerprint density at radius 1 is 1.12 bits per heavy atom. The second-order valence-corrected chi connectivity index (χ2v) is 7.43. The number of hydrogen-bond acceptors (Lipinski definition) is 5. The quantitative estimate of drug-likeness (QED) is 0.806. The number of halogens is 1. The predicted molar refractivity (Wildman–Crippen MR) is 95.2 cm³/mol. The van der Waals surface area contributed by atoms with Crippen molar-refractivity contribution < 1.29 is 17.9 Å². The molecule has 8 heteroatoms. The molecule has 0 amide bonds. The van der Waals surface area contributed by atoms with Gasteiger partial charge in [-0.15, -0.1) is 4.40 Å². The van der Waals surface area contributed by atoms with Crippen LogP contribution in [-0.4, -0.2) is 20.2 Å². The third-order valence-corrected chi connectivity index (χ3v) is 5.18. The van der Waals surface area contributed by atoms with Crippen molar-refractivity contribution in [2.75, 3.05) is 5.32 Å². The van der Waals surface area contributed by atoms with E-state index in [0.29, 0.717) is 10.7 Å². The summed E-state index contributed by atoms with van der Waals surface area (Å²) in [5, 5.41) is 3.55. The average molecular weight is 379 g/mol. The van der Waals surface area contributed by atoms with E-state index in [1.165, 1.54) is 6.07 Å². The van der Waals surface area contributed by atoms with Gasteiger partial charge >= 0.3 is 5.97 Å². The summed E-state index contributed by atoms with van der Waals surface area (Å²) < 4.78 is 33.1. The van der Waals surface area contributed by atoms with E-state index < -0.39 is 16.0 Å². The third-order valence-electron chi connectivity index (χ3n) is 3.55. The SMILES string of the molecule is O=C(CCC1=NS(=O)(=O)c2ccccc2N1)OCc1ccc(Cl)cc1. The first kappa shape index (κ1) is 17.4. The van der Waals surface area contributed by atoms with Gasteiger partial charge in [0, 0.05) is 11.4 Å². The molecule has 1 aliphatic rings. The van der Waals surface area contributed by atoms with E-state index in [4.69, 9.17) is 16.3 Å². The van der Waals surface area contributed by atoms with Crippen molar-refractivity contribution in [3.8, 4) is 0 Å². The van der Waals surface area contributed by atoms with Gasteiger partial charge in [-0.1, -0.05) is 35.9 Å². The molecular weight excluding hydrogens is 364 g/mol. The van der Waals surface area contributed by atoms with Crippen molar-refractivity contribution in [2.24, 2.45) is 4.40 Å². The van der Waals surface area contributed by atoms with Gasteiger partial charge in [0.05, 0.1) is 12.1 Å². The first-order valence-electron chi connectivity index (χ1n) is 7.54. The minimum absolute atomic E-state index is 0.0249. The molecule has 6 nitrogen and oxygen atoms in total. The Labute approximate surface area is 150 Å². The van der Waals surface area contributed by atoms with Crippen LogP contribution in [0.1, 0.15) is 18.4 Å². The highest BCUT2D eigenvalue weighted by molar-refractivity contribution is 7.90. The largest absolute Gasteiger partial charge is 0.461 e. The van der Waals surface area contributed by atoms with Gasteiger partial charge in [0.1, 0.15) is 17.3 Å². The Kier molecular flexibility index (Phi) is 5.06. The Hall–Kier alpha value is -2.38. The van der Waals surface area contributed by atoms with E-state index in [-0.39, 0.29) is 30.2 Å². The number of anilines is 1. The standard InChI is InChI=1S/C17H15ClN2O4S/c18-13-7-5-12(6-8-13)11-24-17(21)10-9-16-19-14-3-1-2-4-15(14)25(22,23)20-16/h1-8H,9-11H2,(H,19,20). The number of para-hydroxylation sites is 1. The number of benzene rings is 2. The van der Waals surface area contributed by atoms with Crippen LogP contribution in [0.25, 0.3) is 0 Å². The highest BCUT2D eigenvalue weighted by atomic mass is 35.5. The number of hydrogen-bond donors (Lipinski definition) is 1. The van der Waals surface area contributed by atoms with E-state index in [2.05, 4.69) is 9.71 Å². The minimum atomic E-state index is -3.74. The number of nitrogens with zero attached hydrogens (tertiary/aromatic N) is 1. The van der Waals surface area contributed by atoms with E-state index in [1.807, 2.05) is 0 Å². The Bertz CT molecular complexity index is 924. The fraction of sp³-hybridized carbons (Fsp3) is 0.176. The first-order chi connectivity index (χ1) is 11.9. The molecule has 0 atom stereocenters. The van der Waals surface area contributed by atoms with Gasteiger partial charge < -0.3 is 10.1 Å². The van der Waals surface area contributed by atoms with Crippen LogP contribution >= 0.6 is 11.6 Å². The lowest BCUT2D eigenvalue weighted by atomic mass is 10.2. The van der Waals surface area contributed by atoms with Crippen LogP contribution in [0.15, 0.2) is 57.8 Å². The highest BCUT2D eigenvalue weighted by Crippen LogP contribution is 2.27. The van der Waals surface area contributed by atoms with E-state index in [9.17, 15) is 13.2 Å². The van der Waals surface area contributed by atoms with E-state index in [1.54, 1.807) is 42.5 Å². The summed E-state index contributed by atoms with van der Waals surface area (Å²) in [4.78, 5) is 12.0. The zero-order chi connectivity index (χ0) is 17.9. The van der Waals surface area contributed by atoms with Crippen molar-refractivity contribution in [2.45, 2.75) is 24.3 Å². The van der Waals surface area contributed by atoms with Crippen molar-refractivity contribution in [1.29, 1.82) is 0 Å². The molecule has 1 aliphatic heterocycles. The summed E-state index contributed by atoms with van der Waals surface area (Å²) in [6.07, 6.45) is 0.171. The van der Waals surface area contributed by atoms with Crippen molar-refractivity contribution in [3.63, 3.8) is 0 Å². The van der Waals surface area contributed by atoms with Crippen molar-refractivity contribution >= 4 is 39.1 Å². The number of ether oxygens (including phenoxy) is 1. The average Bonchev–Trinajstić information content (AvgIpc) is 2.59. The number of rotatable bonds is 5. The number of nitrogens with one attached hydrogen (secondary N) is 1. The summed E-state index contributed by atoms with van der Waals surface area (Å²) in [5.41, 5.74) is 1.28. The number of carbonyl (C=O) groups is 1. The molecule has 25 heavy (non-hydrogen) atoms. The summed E-state index contributed by atoms with van der Waals surface area (Å²) in [7, 11) is -3.74. The topological polar surface area (TPSA) is 84.8 Å². The van der Waals surface area contributed by atoms with Crippen LogP contribution in [-0.2, 0) is 26.2 Å². The summed E-state index contributed by atoms with van der Waals surface area (Å²) >= 11 is 5.79. The van der Waals surface area contributed by atoms with Crippen LogP contribution in [0.2, 0.25) is 5.02 Å². The number of esters is 1. The van der Waals surface area contributed by atoms with Crippen LogP contribution in [0.5, 0.6) is 0 Å². The molecular formula is C17H15ClN2O4S. The minimum Gasteiger partial charge on any atom is -0.461 e. The van der Waals surface area contributed by atoms with Crippen LogP contribution in [0.3, 0.4) is 0 Å². The molecule has 2 aromatic rings. The molecule has 0 spiro atoms. The lowest BCUT2D eigenvalue weighted by Gasteiger charge is -2.17. The molecule has 0 bridgehead atoms. The number of amidine groups is 1. The molecule has 130 valence electrons. The molecule has 0 aliphatic carbocycles. The highest BCUT2D eigenvalue weighted by Gasteiger charge is 2.24. The van der Waals surface area contributed by atoms with Gasteiger partial charge in [0.15, 0.2) is 0 Å². The molecule has 0 unspecified atom stereocenters. The van der Waals surface area contributed by atoms with Crippen molar-refractivity contribution in [1.82, 2.24) is 0 Å². The zero-order valence-corrected chi connectivity index (χ0v) is 14.7. The van der Waals surface area contributed by atoms with E-state index >= 15 is 0 Å². The lowest BCUT2D eigenvalue weighted by molar-refractivity contribution is -0.144. The maximum atomic E-state index is 12.1. The summed E-state index contributed by atoms with van der Waals surface area (Å²) in [5.74, 6) is -0.210. The summed E-state index contributed by atoms with van der Waals surface area (Å²) in [6, 6.07) is 13.5. The molecule has 0 aromatic heterocycles. The Morgan fingerprint density at radius 2 is 1.84 bits per heavy atom. The van der Waals surface area contributed by atoms with Crippen molar-refractivity contribution in [3.05, 3.63) is 59.1 Å². The van der Waals surface area contributed by atoms with Crippen LogP contribution < -0.4 is 5.32 Å². The number of sulfonamides is 1. The Morgan fingerprint density at radius 3 is 2.60 bits per heavy atom. The second-order valence-electron chi connectivity index (χ2n) is 5.42. The van der Waals surface area contributed by atoms with Gasteiger partial charge in [0.2, 0.25) is 0 Å². The molecule has 0 saturated carbocycles. The molecule has 3 rings (SSSR count). The van der Waals surface area contributed by atoms with Gasteiger partial charge in [-0.25, -0.2) is 0 Å².